The van der Waals surface area contributed by atoms with Gasteiger partial charge in [0.1, 0.15) is 0 Å². The van der Waals surface area contributed by atoms with Gasteiger partial charge in [0.05, 0.1) is 5.00 Å². The molecule has 24 heavy (non-hydrogen) atoms. The zero-order valence-corrected chi connectivity index (χ0v) is 16.3. The molecule has 1 heterocycles. The van der Waals surface area contributed by atoms with Gasteiger partial charge < -0.3 is 4.90 Å². The molecule has 1 amide bonds. The first-order chi connectivity index (χ1) is 11.1. The van der Waals surface area contributed by atoms with Crippen LogP contribution in [0, 0.1) is 0 Å². The Hall–Kier alpha value is -1.36. The van der Waals surface area contributed by atoms with Crippen molar-refractivity contribution in [3.63, 3.8) is 0 Å². The number of benzene rings is 1. The number of anilines is 1. The summed E-state index contributed by atoms with van der Waals surface area (Å²) in [6.45, 7) is 5.86. The molecule has 0 radical (unpaired) electrons. The number of hydrogen-bond acceptors (Lipinski definition) is 3. The first-order valence-electron chi connectivity index (χ1n) is 8.19. The summed E-state index contributed by atoms with van der Waals surface area (Å²) in [7, 11) is 2.15. The molecule has 0 N–H and O–H groups in total. The summed E-state index contributed by atoms with van der Waals surface area (Å²) in [5, 5.41) is 3.07. The van der Waals surface area contributed by atoms with Crippen LogP contribution in [0.3, 0.4) is 0 Å². The number of hydrogen-bond donors (Lipinski definition) is 0. The lowest BCUT2D eigenvalue weighted by molar-refractivity contribution is -0.118. The van der Waals surface area contributed by atoms with E-state index >= 15 is 0 Å². The lowest BCUT2D eigenvalue weighted by Crippen LogP contribution is -2.36. The van der Waals surface area contributed by atoms with Gasteiger partial charge in [-0.2, -0.15) is 0 Å². The first-order valence-corrected chi connectivity index (χ1v) is 9.07. The molecule has 0 saturated carbocycles. The summed E-state index contributed by atoms with van der Waals surface area (Å²) < 4.78 is 0. The minimum Gasteiger partial charge on any atom is -0.304 e. The van der Waals surface area contributed by atoms with Gasteiger partial charge in [-0.15, -0.1) is 23.7 Å². The van der Waals surface area contributed by atoms with Crippen LogP contribution in [-0.2, 0) is 11.3 Å². The molecule has 0 saturated heterocycles. The number of amides is 1. The van der Waals surface area contributed by atoms with Crippen LogP contribution in [0.4, 0.5) is 5.00 Å². The Kier molecular flexibility index (Phi) is 9.04. The fraction of sp³-hybridized carbons (Fsp3) is 0.421. The molecule has 1 unspecified atom stereocenters. The van der Waals surface area contributed by atoms with E-state index in [4.69, 9.17) is 0 Å². The van der Waals surface area contributed by atoms with Crippen LogP contribution in [0.15, 0.2) is 47.8 Å². The molecule has 1 aromatic heterocycles. The van der Waals surface area contributed by atoms with Crippen LogP contribution in [0.25, 0.3) is 0 Å². The lowest BCUT2D eigenvalue weighted by Gasteiger charge is -2.28. The topological polar surface area (TPSA) is 23.6 Å². The van der Waals surface area contributed by atoms with Crippen molar-refractivity contribution < 1.29 is 4.79 Å². The van der Waals surface area contributed by atoms with Crippen LogP contribution < -0.4 is 4.90 Å². The largest absolute Gasteiger partial charge is 0.304 e. The fourth-order valence-electron chi connectivity index (χ4n) is 2.54. The van der Waals surface area contributed by atoms with Crippen LogP contribution in [-0.4, -0.2) is 30.4 Å². The van der Waals surface area contributed by atoms with Crippen LogP contribution in [0.1, 0.15) is 32.3 Å². The van der Waals surface area contributed by atoms with Crippen LogP contribution in [0.5, 0.6) is 0 Å². The van der Waals surface area contributed by atoms with E-state index in [1.165, 1.54) is 5.56 Å². The van der Waals surface area contributed by atoms with E-state index in [1.54, 1.807) is 11.3 Å². The Bertz CT molecular complexity index is 589. The van der Waals surface area contributed by atoms with Gasteiger partial charge in [0.25, 0.3) is 0 Å². The van der Waals surface area contributed by atoms with Crippen molar-refractivity contribution in [2.45, 2.75) is 39.3 Å². The summed E-state index contributed by atoms with van der Waals surface area (Å²) in [6.07, 6.45) is 1.51. The molecule has 0 fully saturated rings. The van der Waals surface area contributed by atoms with Crippen LogP contribution >= 0.6 is 23.7 Å². The minimum absolute atomic E-state index is 0. The Labute approximate surface area is 155 Å². The Morgan fingerprint density at radius 2 is 1.88 bits per heavy atom. The van der Waals surface area contributed by atoms with Crippen molar-refractivity contribution in [1.82, 2.24) is 4.90 Å². The van der Waals surface area contributed by atoms with E-state index in [0.717, 1.165) is 24.5 Å². The van der Waals surface area contributed by atoms with Gasteiger partial charge in [0.2, 0.25) is 5.91 Å². The zero-order chi connectivity index (χ0) is 16.7. The van der Waals surface area contributed by atoms with Crippen molar-refractivity contribution in [2.75, 3.05) is 18.5 Å². The second kappa shape index (κ2) is 10.5. The molecule has 1 aromatic carbocycles. The quantitative estimate of drug-likeness (QED) is 0.668. The molecule has 5 heteroatoms. The fourth-order valence-corrected chi connectivity index (χ4v) is 3.31. The first kappa shape index (κ1) is 20.7. The third-order valence-corrected chi connectivity index (χ3v) is 5.06. The van der Waals surface area contributed by atoms with Crippen molar-refractivity contribution >= 4 is 34.7 Å². The van der Waals surface area contributed by atoms with Crippen molar-refractivity contribution in [3.05, 3.63) is 53.4 Å². The maximum atomic E-state index is 12.2. The van der Waals surface area contributed by atoms with E-state index in [2.05, 4.69) is 43.1 Å². The molecule has 0 bridgehead atoms. The zero-order valence-electron chi connectivity index (χ0n) is 14.6. The molecular formula is C19H27ClN2OS. The van der Waals surface area contributed by atoms with Gasteiger partial charge in [-0.05, 0) is 43.5 Å². The predicted octanol–water partition coefficient (Wildman–Crippen LogP) is 4.82. The van der Waals surface area contributed by atoms with Gasteiger partial charge >= 0.3 is 0 Å². The van der Waals surface area contributed by atoms with E-state index in [1.807, 2.05) is 35.4 Å². The lowest BCUT2D eigenvalue weighted by atomic mass is 10.1. The highest BCUT2D eigenvalue weighted by atomic mass is 35.5. The summed E-state index contributed by atoms with van der Waals surface area (Å²) in [4.78, 5) is 16.5. The molecule has 2 rings (SSSR count). The number of carbonyl (C=O) groups is 1. The van der Waals surface area contributed by atoms with Gasteiger partial charge in [-0.1, -0.05) is 37.3 Å². The smallest absolute Gasteiger partial charge is 0.227 e. The SMILES string of the molecule is CCC(=O)N(CCC(C)N(C)Cc1ccccc1)c1cccs1.Cl. The molecule has 1 atom stereocenters. The van der Waals surface area contributed by atoms with Gasteiger partial charge in [-0.25, -0.2) is 0 Å². The highest BCUT2D eigenvalue weighted by molar-refractivity contribution is 7.14. The third-order valence-electron chi connectivity index (χ3n) is 4.17. The molecule has 0 aliphatic carbocycles. The Morgan fingerprint density at radius 1 is 1.17 bits per heavy atom. The summed E-state index contributed by atoms with van der Waals surface area (Å²) in [5.74, 6) is 0.199. The van der Waals surface area contributed by atoms with E-state index < -0.39 is 0 Å². The summed E-state index contributed by atoms with van der Waals surface area (Å²) in [5.41, 5.74) is 1.32. The second-order valence-corrected chi connectivity index (χ2v) is 6.81. The molecule has 0 aliphatic heterocycles. The molecule has 132 valence electrons. The number of halogens is 1. The van der Waals surface area contributed by atoms with E-state index in [0.29, 0.717) is 12.5 Å². The second-order valence-electron chi connectivity index (χ2n) is 5.89. The third kappa shape index (κ3) is 5.93. The number of thiophene rings is 1. The minimum atomic E-state index is 0. The standard InChI is InChI=1S/C19H26N2OS.ClH/c1-4-18(22)21(19-11-8-14-23-19)13-12-16(2)20(3)15-17-9-6-5-7-10-17;/h5-11,14,16H,4,12-13,15H2,1-3H3;1H. The van der Waals surface area contributed by atoms with Gasteiger partial charge in [0, 0.05) is 25.6 Å². The maximum absolute atomic E-state index is 12.2. The monoisotopic (exact) mass is 366 g/mol. The molecule has 0 aliphatic rings. The normalized spacial score (nSPS) is 11.8. The summed E-state index contributed by atoms with van der Waals surface area (Å²) >= 11 is 1.63. The van der Waals surface area contributed by atoms with Gasteiger partial charge in [-0.3, -0.25) is 9.69 Å². The van der Waals surface area contributed by atoms with Crippen molar-refractivity contribution in [1.29, 1.82) is 0 Å². The number of nitrogens with zero attached hydrogens (tertiary/aromatic N) is 2. The van der Waals surface area contributed by atoms with Gasteiger partial charge in [0.15, 0.2) is 0 Å². The molecule has 0 spiro atoms. The van der Waals surface area contributed by atoms with E-state index in [9.17, 15) is 4.79 Å². The van der Waals surface area contributed by atoms with Crippen molar-refractivity contribution in [3.8, 4) is 0 Å². The average Bonchev–Trinajstić information content (AvgIpc) is 3.09. The molecular weight excluding hydrogens is 340 g/mol. The summed E-state index contributed by atoms with van der Waals surface area (Å²) in [6, 6.07) is 14.9. The maximum Gasteiger partial charge on any atom is 0.227 e. The molecule has 2 aromatic rings. The number of rotatable bonds is 8. The van der Waals surface area contributed by atoms with Crippen LogP contribution in [0.2, 0.25) is 0 Å². The van der Waals surface area contributed by atoms with E-state index in [-0.39, 0.29) is 18.3 Å². The van der Waals surface area contributed by atoms with Crippen molar-refractivity contribution in [2.24, 2.45) is 0 Å². The predicted molar refractivity (Wildman–Crippen MR) is 106 cm³/mol. The Balaban J connectivity index is 0.00000288. The number of carbonyl (C=O) groups excluding carboxylic acids is 1. The highest BCUT2D eigenvalue weighted by Gasteiger charge is 2.17. The molecule has 3 nitrogen and oxygen atoms in total. The average molecular weight is 367 g/mol. The highest BCUT2D eigenvalue weighted by Crippen LogP contribution is 2.23. The Morgan fingerprint density at radius 3 is 2.46 bits per heavy atom.